The van der Waals surface area contributed by atoms with Gasteiger partial charge in [0.2, 0.25) is 0 Å². The average molecular weight is 767 g/mol. The van der Waals surface area contributed by atoms with Gasteiger partial charge in [0.1, 0.15) is 11.5 Å². The van der Waals surface area contributed by atoms with Crippen molar-refractivity contribution in [2.24, 2.45) is 0 Å². The van der Waals surface area contributed by atoms with Crippen LogP contribution in [0.1, 0.15) is 22.3 Å². The van der Waals surface area contributed by atoms with Gasteiger partial charge in [-0.1, -0.05) is 164 Å². The Hall–Kier alpha value is -8.02. The van der Waals surface area contributed by atoms with Crippen molar-refractivity contribution in [1.29, 1.82) is 0 Å². The first-order valence-corrected chi connectivity index (χ1v) is 20.2. The number of fused-ring (bicyclic) bond motifs is 10. The summed E-state index contributed by atoms with van der Waals surface area (Å²) in [5.41, 5.74) is 14.6. The molecule has 1 aliphatic heterocycles. The molecule has 0 atom stereocenters. The first kappa shape index (κ1) is 34.1. The van der Waals surface area contributed by atoms with E-state index in [1.165, 1.54) is 22.3 Å². The molecule has 2 aromatic heterocycles. The highest BCUT2D eigenvalue weighted by molar-refractivity contribution is 5.95. The van der Waals surface area contributed by atoms with Gasteiger partial charge in [-0.15, -0.1) is 0 Å². The number of rotatable bonds is 5. The molecule has 0 saturated heterocycles. The minimum Gasteiger partial charge on any atom is -0.457 e. The Kier molecular flexibility index (Phi) is 7.69. The molecule has 5 nitrogen and oxygen atoms in total. The van der Waals surface area contributed by atoms with E-state index in [1.807, 2.05) is 72.9 Å². The second-order valence-corrected chi connectivity index (χ2v) is 15.4. The van der Waals surface area contributed by atoms with Gasteiger partial charge in [0.05, 0.1) is 10.9 Å². The summed E-state index contributed by atoms with van der Waals surface area (Å²) in [6, 6.07) is 70.2. The van der Waals surface area contributed by atoms with E-state index < -0.39 is 5.41 Å². The van der Waals surface area contributed by atoms with Gasteiger partial charge in [-0.05, 0) is 75.3 Å². The van der Waals surface area contributed by atoms with Gasteiger partial charge < -0.3 is 4.74 Å². The third-order valence-electron chi connectivity index (χ3n) is 12.0. The smallest absolute Gasteiger partial charge is 0.164 e. The van der Waals surface area contributed by atoms with Gasteiger partial charge in [0.15, 0.2) is 17.5 Å². The Morgan fingerprint density at radius 2 is 0.817 bits per heavy atom. The lowest BCUT2D eigenvalue weighted by molar-refractivity contribution is 0.436. The Labute approximate surface area is 347 Å². The molecule has 0 N–H and O–H groups in total. The summed E-state index contributed by atoms with van der Waals surface area (Å²) < 4.78 is 6.92. The number of nitrogens with zero attached hydrogens (tertiary/aromatic N) is 4. The lowest BCUT2D eigenvalue weighted by Gasteiger charge is -2.40. The molecule has 1 spiro atoms. The van der Waals surface area contributed by atoms with Crippen molar-refractivity contribution in [1.82, 2.24) is 19.9 Å². The van der Waals surface area contributed by atoms with E-state index in [4.69, 9.17) is 24.7 Å². The molecule has 280 valence electrons. The van der Waals surface area contributed by atoms with Crippen LogP contribution in [0.4, 0.5) is 0 Å². The van der Waals surface area contributed by atoms with Crippen molar-refractivity contribution in [2.75, 3.05) is 0 Å². The molecule has 0 saturated carbocycles. The Morgan fingerprint density at radius 3 is 1.48 bits per heavy atom. The summed E-state index contributed by atoms with van der Waals surface area (Å²) in [6.07, 6.45) is 1.87. The number of pyridine rings is 1. The van der Waals surface area contributed by atoms with Gasteiger partial charge in [-0.3, -0.25) is 4.98 Å². The summed E-state index contributed by atoms with van der Waals surface area (Å²) in [6.45, 7) is 0. The van der Waals surface area contributed by atoms with Gasteiger partial charge >= 0.3 is 0 Å². The Balaban J connectivity index is 1.05. The predicted molar refractivity (Wildman–Crippen MR) is 240 cm³/mol. The number of ether oxygens (including phenoxy) is 1. The van der Waals surface area contributed by atoms with Crippen molar-refractivity contribution < 1.29 is 4.74 Å². The molecule has 10 aromatic rings. The molecule has 0 bridgehead atoms. The highest BCUT2D eigenvalue weighted by Gasteiger charge is 2.51. The number of hydrogen-bond acceptors (Lipinski definition) is 5. The Bertz CT molecular complexity index is 3200. The standard InChI is InChI=1S/C55H34N4O/c1-3-14-36(15-4-1)52-57-53(37-16-5-2-6-17-37)59-54(58-52)41-20-11-19-38(32-41)39-27-29-49-47(33-39)55(45-25-9-7-22-43(45)44-23-8-10-26-46(44)55)48-34-40(28-30-50(48)60-49)42-24-12-18-35-21-13-31-56-51(35)42/h1-34H. The summed E-state index contributed by atoms with van der Waals surface area (Å²) >= 11 is 0. The first-order valence-electron chi connectivity index (χ1n) is 20.2. The zero-order valence-corrected chi connectivity index (χ0v) is 32.3. The first-order chi connectivity index (χ1) is 29.7. The molecule has 1 aliphatic carbocycles. The van der Waals surface area contributed by atoms with Crippen LogP contribution in [0.25, 0.3) is 78.4 Å². The fourth-order valence-electron chi connectivity index (χ4n) is 9.36. The van der Waals surface area contributed by atoms with Crippen LogP contribution >= 0.6 is 0 Å². The van der Waals surface area contributed by atoms with E-state index in [0.717, 1.165) is 72.5 Å². The number of para-hydroxylation sites is 1. The fraction of sp³-hybridized carbons (Fsp3) is 0.0182. The quantitative estimate of drug-likeness (QED) is 0.175. The molecule has 3 heterocycles. The van der Waals surface area contributed by atoms with Crippen molar-refractivity contribution in [3.8, 4) is 79.0 Å². The van der Waals surface area contributed by atoms with Gasteiger partial charge in [0, 0.05) is 45.0 Å². The lowest BCUT2D eigenvalue weighted by atomic mass is 9.65. The van der Waals surface area contributed by atoms with Crippen LogP contribution in [-0.2, 0) is 5.41 Å². The largest absolute Gasteiger partial charge is 0.457 e. The average Bonchev–Trinajstić information content (AvgIpc) is 3.62. The number of benzene rings is 8. The molecule has 60 heavy (non-hydrogen) atoms. The van der Waals surface area contributed by atoms with Crippen LogP contribution in [0.2, 0.25) is 0 Å². The molecular formula is C55H34N4O. The van der Waals surface area contributed by atoms with Gasteiger partial charge in [0.25, 0.3) is 0 Å². The molecule has 0 radical (unpaired) electrons. The summed E-state index contributed by atoms with van der Waals surface area (Å²) in [5, 5.41) is 1.11. The lowest BCUT2D eigenvalue weighted by Crippen LogP contribution is -2.32. The SMILES string of the molecule is c1ccc(-c2nc(-c3ccccc3)nc(-c3cccc(-c4ccc5c(c4)C4(c6cc(-c7cccc8cccnc78)ccc6O5)c5ccccc5-c5ccccc54)c3)n2)cc1. The topological polar surface area (TPSA) is 60.8 Å². The second kappa shape index (κ2) is 13.5. The van der Waals surface area contributed by atoms with Crippen LogP contribution in [0.5, 0.6) is 11.5 Å². The maximum absolute atomic E-state index is 6.92. The summed E-state index contributed by atoms with van der Waals surface area (Å²) in [4.78, 5) is 19.8. The van der Waals surface area contributed by atoms with Crippen molar-refractivity contribution in [3.63, 3.8) is 0 Å². The van der Waals surface area contributed by atoms with Crippen molar-refractivity contribution in [3.05, 3.63) is 229 Å². The minimum absolute atomic E-state index is 0.616. The molecule has 12 rings (SSSR count). The van der Waals surface area contributed by atoms with E-state index in [1.54, 1.807) is 0 Å². The molecule has 5 heteroatoms. The van der Waals surface area contributed by atoms with Crippen molar-refractivity contribution >= 4 is 10.9 Å². The fourth-order valence-corrected chi connectivity index (χ4v) is 9.36. The van der Waals surface area contributed by atoms with E-state index in [0.29, 0.717) is 17.5 Å². The van der Waals surface area contributed by atoms with Crippen LogP contribution in [-0.4, -0.2) is 19.9 Å². The molecule has 0 amide bonds. The highest BCUT2D eigenvalue weighted by Crippen LogP contribution is 2.62. The van der Waals surface area contributed by atoms with E-state index >= 15 is 0 Å². The van der Waals surface area contributed by atoms with Crippen LogP contribution in [0, 0.1) is 0 Å². The molecule has 8 aromatic carbocycles. The number of hydrogen-bond donors (Lipinski definition) is 0. The second-order valence-electron chi connectivity index (χ2n) is 15.4. The molecule has 2 aliphatic rings. The minimum atomic E-state index is -0.652. The van der Waals surface area contributed by atoms with Gasteiger partial charge in [-0.2, -0.15) is 0 Å². The Morgan fingerprint density at radius 1 is 0.333 bits per heavy atom. The van der Waals surface area contributed by atoms with E-state index in [-0.39, 0.29) is 0 Å². The molecule has 0 fully saturated rings. The van der Waals surface area contributed by atoms with Gasteiger partial charge in [-0.25, -0.2) is 15.0 Å². The monoisotopic (exact) mass is 766 g/mol. The zero-order valence-electron chi connectivity index (χ0n) is 32.3. The highest BCUT2D eigenvalue weighted by atomic mass is 16.5. The third-order valence-corrected chi connectivity index (χ3v) is 12.0. The summed E-state index contributed by atoms with van der Waals surface area (Å²) in [5.74, 6) is 3.57. The number of aromatic nitrogens is 4. The molecular weight excluding hydrogens is 733 g/mol. The normalized spacial score (nSPS) is 12.9. The predicted octanol–water partition coefficient (Wildman–Crippen LogP) is 13.2. The zero-order chi connectivity index (χ0) is 39.6. The maximum Gasteiger partial charge on any atom is 0.164 e. The van der Waals surface area contributed by atoms with E-state index in [9.17, 15) is 0 Å². The summed E-state index contributed by atoms with van der Waals surface area (Å²) in [7, 11) is 0. The maximum atomic E-state index is 6.92. The van der Waals surface area contributed by atoms with Crippen LogP contribution < -0.4 is 4.74 Å². The van der Waals surface area contributed by atoms with Crippen LogP contribution in [0.15, 0.2) is 206 Å². The van der Waals surface area contributed by atoms with Crippen molar-refractivity contribution in [2.45, 2.75) is 5.41 Å². The molecule has 0 unspecified atom stereocenters. The van der Waals surface area contributed by atoms with E-state index in [2.05, 4.69) is 133 Å². The third kappa shape index (κ3) is 5.26. The van der Waals surface area contributed by atoms with Crippen LogP contribution in [0.3, 0.4) is 0 Å².